The normalized spacial score (nSPS) is 36.4. The number of fused-ring (bicyclic) bond motifs is 1. The highest BCUT2D eigenvalue weighted by Gasteiger charge is 2.85. The topological polar surface area (TPSA) is 196 Å². The van der Waals surface area contributed by atoms with E-state index < -0.39 is 28.5 Å². The van der Waals surface area contributed by atoms with Gasteiger partial charge in [0, 0.05) is 55.8 Å². The number of ether oxygens (including phenoxy) is 2. The summed E-state index contributed by atoms with van der Waals surface area (Å²) in [6, 6.07) is 5.61. The molecule has 6 heterocycles. The highest BCUT2D eigenvalue weighted by atomic mass is 16.7. The van der Waals surface area contributed by atoms with Gasteiger partial charge in [-0.15, -0.1) is 0 Å². The Morgan fingerprint density at radius 2 is 1.93 bits per heavy atom. The molecule has 10 rings (SSSR count). The number of nitrogens with two attached hydrogens (primary N) is 1. The molecule has 0 aromatic heterocycles. The van der Waals surface area contributed by atoms with Gasteiger partial charge < -0.3 is 52.4 Å². The molecule has 0 radical (unpaired) electrons. The zero-order valence-corrected chi connectivity index (χ0v) is 42.6. The number of allylic oxidation sites excluding steroid dienone is 5. The van der Waals surface area contributed by atoms with E-state index in [0.29, 0.717) is 42.3 Å². The molecule has 14 heteroatoms. The van der Waals surface area contributed by atoms with E-state index in [0.717, 1.165) is 112 Å². The minimum Gasteiger partial charge on any atom is -0.463 e. The molecule has 3 aliphatic carbocycles. The second-order valence-electron chi connectivity index (χ2n) is 22.3. The van der Waals surface area contributed by atoms with Crippen LogP contribution in [0.3, 0.4) is 0 Å². The van der Waals surface area contributed by atoms with Crippen molar-refractivity contribution in [1.29, 1.82) is 0 Å². The van der Waals surface area contributed by atoms with Crippen molar-refractivity contribution in [1.82, 2.24) is 37.2 Å². The number of rotatable bonds is 10. The zero-order chi connectivity index (χ0) is 49.5. The van der Waals surface area contributed by atoms with Crippen molar-refractivity contribution < 1.29 is 23.9 Å². The summed E-state index contributed by atoms with van der Waals surface area (Å²) >= 11 is 0. The summed E-state index contributed by atoms with van der Waals surface area (Å²) in [5.41, 5.74) is 8.90. The van der Waals surface area contributed by atoms with Crippen molar-refractivity contribution >= 4 is 23.5 Å². The Labute approximate surface area is 420 Å². The number of nitrogens with one attached hydrogen (secondary N) is 7. The molecule has 0 amide bonds. The number of dihydropyridines is 2. The molecule has 10 atom stereocenters. The highest BCUT2D eigenvalue weighted by Crippen LogP contribution is 2.60. The molecule has 14 nitrogen and oxygen atoms in total. The van der Waals surface area contributed by atoms with E-state index in [9.17, 15) is 0 Å². The second kappa shape index (κ2) is 20.0. The summed E-state index contributed by atoms with van der Waals surface area (Å²) in [5.74, 6) is 1.05. The number of carbonyl (C=O) groups excluding carboxylic acids is 3. The summed E-state index contributed by atoms with van der Waals surface area (Å²) in [7, 11) is 3.78. The van der Waals surface area contributed by atoms with Crippen molar-refractivity contribution in [2.24, 2.45) is 33.9 Å². The van der Waals surface area contributed by atoms with Gasteiger partial charge in [0.25, 0.3) is 5.60 Å². The minimum atomic E-state index is -2.11. The van der Waals surface area contributed by atoms with Gasteiger partial charge in [-0.05, 0) is 142 Å². The number of hydrogen-bond donors (Lipinski definition) is 8. The second-order valence-corrected chi connectivity index (χ2v) is 22.3. The van der Waals surface area contributed by atoms with Gasteiger partial charge in [0.05, 0.1) is 24.5 Å². The van der Waals surface area contributed by atoms with Crippen LogP contribution in [0.2, 0.25) is 0 Å². The van der Waals surface area contributed by atoms with E-state index in [1.807, 2.05) is 37.5 Å². The van der Waals surface area contributed by atoms with Gasteiger partial charge in [-0.2, -0.15) is 0 Å². The first-order valence-corrected chi connectivity index (χ1v) is 26.7. The number of benzene rings is 1. The van der Waals surface area contributed by atoms with Gasteiger partial charge in [-0.1, -0.05) is 86.9 Å². The maximum atomic E-state index is 15.7. The Morgan fingerprint density at radius 1 is 1.06 bits per heavy atom. The lowest BCUT2D eigenvalue weighted by Gasteiger charge is -2.43. The summed E-state index contributed by atoms with van der Waals surface area (Å²) < 4.78 is 13.1. The van der Waals surface area contributed by atoms with Gasteiger partial charge in [-0.3, -0.25) is 14.6 Å². The van der Waals surface area contributed by atoms with Crippen LogP contribution in [0, 0.1) is 23.2 Å². The fraction of sp³-hybridized carbons (Fsp3) is 0.579. The molecule has 0 saturated carbocycles. The molecular weight excluding hydrogens is 891 g/mol. The van der Waals surface area contributed by atoms with Gasteiger partial charge in [0.1, 0.15) is 5.82 Å². The summed E-state index contributed by atoms with van der Waals surface area (Å²) in [6.07, 6.45) is 28.9. The molecule has 1 spiro atoms. The molecule has 6 aliphatic heterocycles. The van der Waals surface area contributed by atoms with Crippen molar-refractivity contribution in [3.8, 4) is 0 Å². The molecule has 10 unspecified atom stereocenters. The van der Waals surface area contributed by atoms with Crippen LogP contribution in [0.25, 0.3) is 0 Å². The average molecular weight is 968 g/mol. The largest absolute Gasteiger partial charge is 0.463 e. The number of guanidine groups is 1. The molecule has 2 fully saturated rings. The maximum Gasteiger partial charge on any atom is 0.350 e. The van der Waals surface area contributed by atoms with Crippen LogP contribution in [0.15, 0.2) is 106 Å². The Kier molecular flexibility index (Phi) is 13.9. The van der Waals surface area contributed by atoms with Gasteiger partial charge >= 0.3 is 5.97 Å². The van der Waals surface area contributed by atoms with Crippen LogP contribution < -0.4 is 43.0 Å². The molecule has 1 aromatic rings. The molecular formula is C57H77N9O5. The lowest BCUT2D eigenvalue weighted by atomic mass is 9.67. The molecule has 71 heavy (non-hydrogen) atoms. The van der Waals surface area contributed by atoms with Crippen LogP contribution in [0.4, 0.5) is 0 Å². The summed E-state index contributed by atoms with van der Waals surface area (Å²) in [4.78, 5) is 51.0. The quantitative estimate of drug-likeness (QED) is 0.0575. The van der Waals surface area contributed by atoms with Crippen LogP contribution in [-0.4, -0.2) is 98.9 Å². The lowest BCUT2D eigenvalue weighted by Crippen LogP contribution is -2.55. The van der Waals surface area contributed by atoms with Crippen molar-refractivity contribution in [3.63, 3.8) is 0 Å². The number of esters is 1. The number of cyclic esters (lactones) is 1. The summed E-state index contributed by atoms with van der Waals surface area (Å²) in [6.45, 7) is 8.84. The van der Waals surface area contributed by atoms with Crippen molar-refractivity contribution in [2.75, 3.05) is 40.3 Å². The third-order valence-corrected chi connectivity index (χ3v) is 17.4. The molecule has 4 bridgehead atoms. The van der Waals surface area contributed by atoms with E-state index in [-0.39, 0.29) is 48.5 Å². The molecule has 9 aliphatic rings. The SMILES string of the molecule is CCNC1C=C2C=CCC3CCCCC(C)(CC4=CNC(N)C=C4)Cc4cccc5c4C(=O)C4(OC4(CC=C(C)CC4(C6=CCNC7=C6CCC(NC)N7)CCCNC(=NC)N4)C5=O)C(=O)OCC1CC23. The third kappa shape index (κ3) is 9.16. The van der Waals surface area contributed by atoms with Crippen molar-refractivity contribution in [3.05, 3.63) is 117 Å². The summed E-state index contributed by atoms with van der Waals surface area (Å²) in [5, 5.41) is 24.9. The number of epoxide rings is 1. The first kappa shape index (κ1) is 49.3. The van der Waals surface area contributed by atoms with E-state index in [1.165, 1.54) is 16.7 Å². The van der Waals surface area contributed by atoms with Gasteiger partial charge in [0.2, 0.25) is 5.78 Å². The minimum absolute atomic E-state index is 0.00387. The highest BCUT2D eigenvalue weighted by molar-refractivity contribution is 6.33. The average Bonchev–Trinajstić information content (AvgIpc) is 4.13. The fourth-order valence-electron chi connectivity index (χ4n) is 13.8. The zero-order valence-electron chi connectivity index (χ0n) is 42.6. The Morgan fingerprint density at radius 3 is 2.73 bits per heavy atom. The van der Waals surface area contributed by atoms with Crippen molar-refractivity contribution in [2.45, 2.75) is 146 Å². The number of carbonyl (C=O) groups is 3. The number of ketones is 2. The third-order valence-electron chi connectivity index (χ3n) is 17.4. The molecule has 1 aromatic carbocycles. The van der Waals surface area contributed by atoms with Crippen LogP contribution in [0.1, 0.15) is 131 Å². The number of nitrogens with zero attached hydrogens (tertiary/aromatic N) is 1. The van der Waals surface area contributed by atoms with Gasteiger partial charge in [0.15, 0.2) is 17.3 Å². The number of Topliss-reactive ketones (excluding diaryl/α,β-unsaturated/α-hetero) is 2. The predicted molar refractivity (Wildman–Crippen MR) is 278 cm³/mol. The number of likely N-dealkylation sites (N-methyl/N-ethyl adjacent to an activating group) is 1. The Balaban J connectivity index is 1.02. The fourth-order valence-corrected chi connectivity index (χ4v) is 13.8. The first-order chi connectivity index (χ1) is 34.3. The Bertz CT molecular complexity index is 2560. The number of aliphatic imine (C=N–C) groups is 1. The molecule has 2 saturated heterocycles. The van der Waals surface area contributed by atoms with Crippen LogP contribution >= 0.6 is 0 Å². The lowest BCUT2D eigenvalue weighted by molar-refractivity contribution is -0.150. The monoisotopic (exact) mass is 968 g/mol. The first-order valence-electron chi connectivity index (χ1n) is 26.7. The maximum absolute atomic E-state index is 15.7. The standard InChI is InChI=1S/C57H77N9O5/c1-6-61-45-29-38-14-9-13-37-12-7-8-23-54(3,31-36-17-19-46(58)64-33-36)32-39-15-10-16-42-48(39)50(68)57(52(69)70-34-40(45)28-43(37)38)56(71-57,49(42)67)25-21-35(2)30-55(24-11-26-63-53(60-5)66-55)44-22-27-62-51-41(44)18-20-47(59-4)65-51/h9-10,14-17,19,21-22,29,33,37,40,43,45-47,59,61-62,64-65H,6-8,11-13,18,20,23-28,30-32,34,58H2,1-5H3,(H2,60,63,66). The van der Waals surface area contributed by atoms with E-state index >= 15 is 14.4 Å². The Hall–Kier alpha value is -5.28. The van der Waals surface area contributed by atoms with Gasteiger partial charge in [-0.25, -0.2) is 4.79 Å². The smallest absolute Gasteiger partial charge is 0.350 e. The molecule has 380 valence electrons. The van der Waals surface area contributed by atoms with Crippen LogP contribution in [0.5, 0.6) is 0 Å². The van der Waals surface area contributed by atoms with Crippen LogP contribution in [-0.2, 0) is 20.7 Å². The number of hydrogen-bond acceptors (Lipinski definition) is 12. The van der Waals surface area contributed by atoms with E-state index in [2.05, 4.69) is 93.4 Å². The van der Waals surface area contributed by atoms with E-state index in [4.69, 9.17) is 15.2 Å². The van der Waals surface area contributed by atoms with E-state index in [1.54, 1.807) is 13.1 Å². The predicted octanol–water partition coefficient (Wildman–Crippen LogP) is 6.17. The molecule has 9 N–H and O–H groups in total.